The van der Waals surface area contributed by atoms with Gasteiger partial charge in [0, 0.05) is 19.1 Å². The Labute approximate surface area is 183 Å². The van der Waals surface area contributed by atoms with Crippen LogP contribution in [-0.4, -0.2) is 43.8 Å². The van der Waals surface area contributed by atoms with Crippen LogP contribution in [0.5, 0.6) is 0 Å². The summed E-state index contributed by atoms with van der Waals surface area (Å²) in [5.74, 6) is -1.12. The van der Waals surface area contributed by atoms with Crippen LogP contribution in [-0.2, 0) is 32.5 Å². The molecule has 0 aromatic heterocycles. The highest BCUT2D eigenvalue weighted by Crippen LogP contribution is 2.25. The molecule has 1 atom stereocenters. The molecule has 1 heterocycles. The maximum atomic E-state index is 13.1. The summed E-state index contributed by atoms with van der Waals surface area (Å²) in [6.45, 7) is 4.17. The monoisotopic (exact) mass is 444 g/mol. The summed E-state index contributed by atoms with van der Waals surface area (Å²) in [6.07, 6.45) is 2.41. The fraction of sp³-hybridized carbons (Fsp3) is 0.391. The van der Waals surface area contributed by atoms with E-state index in [0.717, 1.165) is 24.0 Å². The molecule has 0 fully saturated rings. The second-order valence-electron chi connectivity index (χ2n) is 7.72. The van der Waals surface area contributed by atoms with Crippen molar-refractivity contribution in [1.82, 2.24) is 9.62 Å². The van der Waals surface area contributed by atoms with Gasteiger partial charge in [0.15, 0.2) is 6.61 Å². The summed E-state index contributed by atoms with van der Waals surface area (Å²) < 4.78 is 32.7. The molecule has 0 aliphatic carbocycles. The molecule has 0 bridgehead atoms. The third-order valence-corrected chi connectivity index (χ3v) is 7.11. The van der Waals surface area contributed by atoms with E-state index in [1.54, 1.807) is 0 Å². The number of sulfonamides is 1. The lowest BCUT2D eigenvalue weighted by Gasteiger charge is -2.28. The molecule has 166 valence electrons. The maximum absolute atomic E-state index is 13.1. The lowest BCUT2D eigenvalue weighted by atomic mass is 10.0. The van der Waals surface area contributed by atoms with Crippen molar-refractivity contribution in [2.24, 2.45) is 0 Å². The highest BCUT2D eigenvalue weighted by molar-refractivity contribution is 7.89. The van der Waals surface area contributed by atoms with E-state index in [2.05, 4.69) is 5.32 Å². The minimum Gasteiger partial charge on any atom is -0.452 e. The summed E-state index contributed by atoms with van der Waals surface area (Å²) >= 11 is 0. The van der Waals surface area contributed by atoms with Gasteiger partial charge in [-0.05, 0) is 49.1 Å². The molecule has 1 aliphatic rings. The first kappa shape index (κ1) is 23.0. The van der Waals surface area contributed by atoms with Gasteiger partial charge in [0.05, 0.1) is 10.5 Å². The van der Waals surface area contributed by atoms with E-state index in [1.165, 1.54) is 28.6 Å². The Balaban J connectivity index is 1.67. The summed E-state index contributed by atoms with van der Waals surface area (Å²) in [6, 6.07) is 13.5. The number of ether oxygens (including phenoxy) is 1. The van der Waals surface area contributed by atoms with Crippen molar-refractivity contribution in [3.63, 3.8) is 0 Å². The zero-order valence-electron chi connectivity index (χ0n) is 17.8. The molecular weight excluding hydrogens is 416 g/mol. The first-order chi connectivity index (χ1) is 14.8. The largest absolute Gasteiger partial charge is 0.452 e. The minimum atomic E-state index is -3.77. The van der Waals surface area contributed by atoms with Gasteiger partial charge in [-0.3, -0.25) is 4.79 Å². The van der Waals surface area contributed by atoms with Crippen LogP contribution in [0.15, 0.2) is 53.4 Å². The van der Waals surface area contributed by atoms with E-state index in [4.69, 9.17) is 4.74 Å². The van der Waals surface area contributed by atoms with E-state index < -0.39 is 22.6 Å². The highest BCUT2D eigenvalue weighted by atomic mass is 32.2. The Morgan fingerprint density at radius 2 is 1.87 bits per heavy atom. The first-order valence-corrected chi connectivity index (χ1v) is 11.9. The summed E-state index contributed by atoms with van der Waals surface area (Å²) in [5, 5.41) is 2.76. The van der Waals surface area contributed by atoms with E-state index in [1.807, 2.05) is 38.1 Å². The number of amides is 1. The van der Waals surface area contributed by atoms with Crippen LogP contribution in [0.2, 0.25) is 0 Å². The smallest absolute Gasteiger partial charge is 0.338 e. The molecule has 0 radical (unpaired) electrons. The molecule has 1 aliphatic heterocycles. The van der Waals surface area contributed by atoms with Gasteiger partial charge in [-0.15, -0.1) is 0 Å². The number of carbonyl (C=O) groups is 2. The van der Waals surface area contributed by atoms with Crippen molar-refractivity contribution < 1.29 is 22.7 Å². The van der Waals surface area contributed by atoms with Crippen LogP contribution in [0.4, 0.5) is 0 Å². The predicted molar refractivity (Wildman–Crippen MR) is 117 cm³/mol. The number of esters is 1. The Kier molecular flexibility index (Phi) is 7.46. The number of hydrogen-bond donors (Lipinski definition) is 1. The number of hydrogen-bond acceptors (Lipinski definition) is 5. The van der Waals surface area contributed by atoms with Gasteiger partial charge in [-0.2, -0.15) is 4.31 Å². The molecule has 7 nitrogen and oxygen atoms in total. The first-order valence-electron chi connectivity index (χ1n) is 10.4. The van der Waals surface area contributed by atoms with Gasteiger partial charge in [0.1, 0.15) is 0 Å². The summed E-state index contributed by atoms with van der Waals surface area (Å²) in [4.78, 5) is 24.3. The van der Waals surface area contributed by atoms with E-state index >= 15 is 0 Å². The molecule has 0 saturated carbocycles. The van der Waals surface area contributed by atoms with Crippen molar-refractivity contribution in [2.45, 2.75) is 50.6 Å². The van der Waals surface area contributed by atoms with Gasteiger partial charge in [0.2, 0.25) is 10.0 Å². The number of benzene rings is 2. The van der Waals surface area contributed by atoms with Gasteiger partial charge < -0.3 is 10.1 Å². The lowest BCUT2D eigenvalue weighted by Crippen LogP contribution is -2.36. The Morgan fingerprint density at radius 1 is 1.13 bits per heavy atom. The van der Waals surface area contributed by atoms with Gasteiger partial charge >= 0.3 is 5.97 Å². The minimum absolute atomic E-state index is 0.000605. The van der Waals surface area contributed by atoms with Gasteiger partial charge in [-0.1, -0.05) is 43.7 Å². The van der Waals surface area contributed by atoms with Crippen molar-refractivity contribution in [2.75, 3.05) is 13.2 Å². The maximum Gasteiger partial charge on any atom is 0.338 e. The topological polar surface area (TPSA) is 92.8 Å². The average Bonchev–Trinajstić information content (AvgIpc) is 2.77. The molecule has 31 heavy (non-hydrogen) atoms. The molecular formula is C23H28N2O5S. The molecule has 3 rings (SSSR count). The predicted octanol–water partition coefficient (Wildman–Crippen LogP) is 2.90. The Morgan fingerprint density at radius 3 is 2.61 bits per heavy atom. The Hall–Kier alpha value is -2.71. The van der Waals surface area contributed by atoms with E-state index in [9.17, 15) is 18.0 Å². The van der Waals surface area contributed by atoms with Crippen LogP contribution in [0.25, 0.3) is 0 Å². The second-order valence-corrected chi connectivity index (χ2v) is 9.66. The Bertz CT molecular complexity index is 1050. The number of rotatable bonds is 8. The highest BCUT2D eigenvalue weighted by Gasteiger charge is 2.28. The number of fused-ring (bicyclic) bond motifs is 1. The van der Waals surface area contributed by atoms with Crippen LogP contribution < -0.4 is 5.32 Å². The van der Waals surface area contributed by atoms with Crippen LogP contribution in [0.3, 0.4) is 0 Å². The molecule has 1 N–H and O–H groups in total. The molecule has 0 saturated heterocycles. The summed E-state index contributed by atoms with van der Waals surface area (Å²) in [7, 11) is -3.77. The quantitative estimate of drug-likeness (QED) is 0.632. The molecule has 2 aromatic carbocycles. The second kappa shape index (κ2) is 10.1. The van der Waals surface area contributed by atoms with E-state index in [-0.39, 0.29) is 22.4 Å². The van der Waals surface area contributed by atoms with Gasteiger partial charge in [0.25, 0.3) is 5.91 Å². The molecule has 2 aromatic rings. The number of nitrogens with one attached hydrogen (secondary N) is 1. The third kappa shape index (κ3) is 5.71. The van der Waals surface area contributed by atoms with Gasteiger partial charge in [-0.25, -0.2) is 13.2 Å². The summed E-state index contributed by atoms with van der Waals surface area (Å²) in [5.41, 5.74) is 2.22. The molecule has 0 unspecified atom stereocenters. The average molecular weight is 445 g/mol. The normalized spacial score (nSPS) is 15.0. The van der Waals surface area contributed by atoms with Crippen LogP contribution in [0, 0.1) is 0 Å². The fourth-order valence-electron chi connectivity index (χ4n) is 3.64. The van der Waals surface area contributed by atoms with E-state index in [0.29, 0.717) is 19.5 Å². The molecule has 8 heteroatoms. The van der Waals surface area contributed by atoms with Crippen molar-refractivity contribution in [3.8, 4) is 0 Å². The fourth-order valence-corrected chi connectivity index (χ4v) is 5.11. The van der Waals surface area contributed by atoms with Crippen LogP contribution >= 0.6 is 0 Å². The third-order valence-electron chi connectivity index (χ3n) is 5.27. The number of nitrogens with zero attached hydrogens (tertiary/aromatic N) is 1. The standard InChI is InChI=1S/C23H28N2O5S/c1-3-7-17(2)24-22(26)16-30-23(27)19-10-6-11-21(14-19)31(28,29)25-13-12-18-8-4-5-9-20(18)15-25/h4-6,8-11,14,17H,3,7,12-13,15-16H2,1-2H3,(H,24,26)/t17-/m1/s1. The van der Waals surface area contributed by atoms with Crippen molar-refractivity contribution >= 4 is 21.9 Å². The zero-order valence-corrected chi connectivity index (χ0v) is 18.7. The SMILES string of the molecule is CCC[C@@H](C)NC(=O)COC(=O)c1cccc(S(=O)(=O)N2CCc3ccccc3C2)c1. The van der Waals surface area contributed by atoms with Crippen molar-refractivity contribution in [3.05, 3.63) is 65.2 Å². The van der Waals surface area contributed by atoms with Crippen LogP contribution in [0.1, 0.15) is 48.2 Å². The molecule has 0 spiro atoms. The zero-order chi connectivity index (χ0) is 22.4. The lowest BCUT2D eigenvalue weighted by molar-refractivity contribution is -0.124. The number of carbonyl (C=O) groups excluding carboxylic acids is 2. The van der Waals surface area contributed by atoms with Crippen molar-refractivity contribution in [1.29, 1.82) is 0 Å². The molecule has 1 amide bonds.